The molecule has 0 aromatic heterocycles. The van der Waals surface area contributed by atoms with Crippen molar-refractivity contribution in [1.29, 1.82) is 0 Å². The van der Waals surface area contributed by atoms with E-state index in [0.717, 1.165) is 12.5 Å². The molecular formula is C11H17NO2. The molecule has 3 atom stereocenters. The maximum Gasteiger partial charge on any atom is 0.407 e. The number of ether oxygens (including phenoxy) is 1. The molecule has 2 bridgehead atoms. The van der Waals surface area contributed by atoms with Gasteiger partial charge in [0.25, 0.3) is 0 Å². The topological polar surface area (TPSA) is 38.3 Å². The summed E-state index contributed by atoms with van der Waals surface area (Å²) in [6, 6.07) is 0. The van der Waals surface area contributed by atoms with Gasteiger partial charge in [0.2, 0.25) is 0 Å². The molecule has 78 valence electrons. The van der Waals surface area contributed by atoms with Gasteiger partial charge in [-0.2, -0.15) is 0 Å². The van der Waals surface area contributed by atoms with Crippen molar-refractivity contribution in [2.75, 3.05) is 6.54 Å². The van der Waals surface area contributed by atoms with Crippen molar-refractivity contribution in [3.63, 3.8) is 0 Å². The van der Waals surface area contributed by atoms with E-state index in [4.69, 9.17) is 4.74 Å². The minimum Gasteiger partial charge on any atom is -0.440 e. The fraction of sp³-hybridized carbons (Fsp3) is 0.909. The minimum absolute atomic E-state index is 0.162. The predicted molar refractivity (Wildman–Crippen MR) is 51.8 cm³/mol. The standard InChI is InChI=1S/C11H17NO2/c1-10(2)7-3-4-8(5-7)11(10)6-12-9(13)14-11/h7-8H,3-6H2,1-2H3,(H,12,13)/t7-,8-,11-/m0/s1. The fourth-order valence-corrected chi connectivity index (χ4v) is 3.96. The third-order valence-electron chi connectivity index (χ3n) is 4.97. The maximum absolute atomic E-state index is 11.2. The van der Waals surface area contributed by atoms with Crippen LogP contribution in [0.2, 0.25) is 0 Å². The van der Waals surface area contributed by atoms with Crippen molar-refractivity contribution in [3.8, 4) is 0 Å². The summed E-state index contributed by atoms with van der Waals surface area (Å²) in [6.07, 6.45) is 3.59. The number of hydrogen-bond acceptors (Lipinski definition) is 2. The molecule has 2 aliphatic carbocycles. The fourth-order valence-electron chi connectivity index (χ4n) is 3.96. The van der Waals surface area contributed by atoms with Crippen LogP contribution in [0.3, 0.4) is 0 Å². The summed E-state index contributed by atoms with van der Waals surface area (Å²) in [7, 11) is 0. The van der Waals surface area contributed by atoms with Crippen molar-refractivity contribution in [2.24, 2.45) is 17.3 Å². The van der Waals surface area contributed by atoms with Crippen LogP contribution in [-0.4, -0.2) is 18.2 Å². The number of fused-ring (bicyclic) bond motifs is 3. The zero-order chi connectivity index (χ0) is 9.97. The summed E-state index contributed by atoms with van der Waals surface area (Å²) < 4.78 is 5.61. The first-order valence-corrected chi connectivity index (χ1v) is 5.53. The third kappa shape index (κ3) is 0.733. The van der Waals surface area contributed by atoms with Crippen molar-refractivity contribution in [2.45, 2.75) is 38.7 Å². The van der Waals surface area contributed by atoms with Crippen molar-refractivity contribution >= 4 is 6.09 Å². The highest BCUT2D eigenvalue weighted by Gasteiger charge is 2.67. The molecule has 3 heteroatoms. The number of rotatable bonds is 0. The van der Waals surface area contributed by atoms with E-state index in [-0.39, 0.29) is 17.1 Å². The lowest BCUT2D eigenvalue weighted by Crippen LogP contribution is -2.52. The van der Waals surface area contributed by atoms with Gasteiger partial charge in [-0.25, -0.2) is 4.79 Å². The van der Waals surface area contributed by atoms with Crippen molar-refractivity contribution in [1.82, 2.24) is 5.32 Å². The van der Waals surface area contributed by atoms with Gasteiger partial charge in [-0.05, 0) is 25.2 Å². The first kappa shape index (κ1) is 8.57. The molecule has 14 heavy (non-hydrogen) atoms. The molecule has 1 heterocycles. The normalized spacial score (nSPS) is 48.3. The van der Waals surface area contributed by atoms with Crippen LogP contribution >= 0.6 is 0 Å². The highest BCUT2D eigenvalue weighted by molar-refractivity contribution is 5.70. The third-order valence-corrected chi connectivity index (χ3v) is 4.97. The highest BCUT2D eigenvalue weighted by atomic mass is 16.6. The molecular weight excluding hydrogens is 178 g/mol. The second kappa shape index (κ2) is 2.26. The first-order chi connectivity index (χ1) is 6.56. The summed E-state index contributed by atoms with van der Waals surface area (Å²) in [4.78, 5) is 11.2. The van der Waals surface area contributed by atoms with Gasteiger partial charge in [0.1, 0.15) is 5.60 Å². The van der Waals surface area contributed by atoms with Gasteiger partial charge in [0, 0.05) is 11.3 Å². The van der Waals surface area contributed by atoms with Crippen LogP contribution < -0.4 is 5.32 Å². The Bertz CT molecular complexity index is 300. The Kier molecular flexibility index (Phi) is 1.38. The molecule has 3 rings (SSSR count). The van der Waals surface area contributed by atoms with E-state index in [2.05, 4.69) is 19.2 Å². The Morgan fingerprint density at radius 3 is 2.57 bits per heavy atom. The number of carbonyl (C=O) groups is 1. The zero-order valence-corrected chi connectivity index (χ0v) is 8.80. The molecule has 3 fully saturated rings. The average Bonchev–Trinajstić information content (AvgIpc) is 2.72. The lowest BCUT2D eigenvalue weighted by atomic mass is 9.65. The van der Waals surface area contributed by atoms with Crippen LogP contribution in [0.4, 0.5) is 4.79 Å². The largest absolute Gasteiger partial charge is 0.440 e. The molecule has 1 N–H and O–H groups in total. The van der Waals surface area contributed by atoms with E-state index in [9.17, 15) is 4.79 Å². The predicted octanol–water partition coefficient (Wildman–Crippen LogP) is 1.92. The highest BCUT2D eigenvalue weighted by Crippen LogP contribution is 2.63. The van der Waals surface area contributed by atoms with Crippen LogP contribution in [0.1, 0.15) is 33.1 Å². The van der Waals surface area contributed by atoms with E-state index in [0.29, 0.717) is 5.92 Å². The van der Waals surface area contributed by atoms with Crippen LogP contribution in [0.25, 0.3) is 0 Å². The van der Waals surface area contributed by atoms with Crippen LogP contribution in [0, 0.1) is 17.3 Å². The molecule has 0 aromatic rings. The van der Waals surface area contributed by atoms with Crippen LogP contribution in [-0.2, 0) is 4.74 Å². The molecule has 0 radical (unpaired) electrons. The van der Waals surface area contributed by atoms with E-state index in [1.165, 1.54) is 19.3 Å². The lowest BCUT2D eigenvalue weighted by Gasteiger charge is -2.44. The molecule has 1 aliphatic heterocycles. The van der Waals surface area contributed by atoms with Gasteiger partial charge in [-0.15, -0.1) is 0 Å². The number of hydrogen-bond donors (Lipinski definition) is 1. The van der Waals surface area contributed by atoms with Crippen molar-refractivity contribution < 1.29 is 9.53 Å². The zero-order valence-electron chi connectivity index (χ0n) is 8.80. The molecule has 0 aromatic carbocycles. The van der Waals surface area contributed by atoms with E-state index in [1.807, 2.05) is 0 Å². The summed E-state index contributed by atoms with van der Waals surface area (Å²) >= 11 is 0. The quantitative estimate of drug-likeness (QED) is 0.641. The van der Waals surface area contributed by atoms with Crippen LogP contribution in [0.5, 0.6) is 0 Å². The number of carbonyl (C=O) groups excluding carboxylic acids is 1. The number of amides is 1. The smallest absolute Gasteiger partial charge is 0.407 e. The van der Waals surface area contributed by atoms with Gasteiger partial charge in [0.15, 0.2) is 0 Å². The van der Waals surface area contributed by atoms with Gasteiger partial charge >= 0.3 is 6.09 Å². The Labute approximate surface area is 84.2 Å². The molecule has 0 unspecified atom stereocenters. The Hall–Kier alpha value is -0.730. The molecule has 1 amide bonds. The Morgan fingerprint density at radius 2 is 2.07 bits per heavy atom. The molecule has 1 spiro atoms. The monoisotopic (exact) mass is 195 g/mol. The summed E-state index contributed by atoms with van der Waals surface area (Å²) in [5, 5.41) is 2.83. The molecule has 3 aliphatic rings. The Morgan fingerprint density at radius 1 is 1.36 bits per heavy atom. The van der Waals surface area contributed by atoms with Crippen molar-refractivity contribution in [3.05, 3.63) is 0 Å². The minimum atomic E-state index is -0.217. The summed E-state index contributed by atoms with van der Waals surface area (Å²) in [6.45, 7) is 5.24. The van der Waals surface area contributed by atoms with Gasteiger partial charge in [-0.3, -0.25) is 0 Å². The summed E-state index contributed by atoms with van der Waals surface area (Å²) in [5.74, 6) is 1.35. The summed E-state index contributed by atoms with van der Waals surface area (Å²) in [5.41, 5.74) is -0.0257. The lowest BCUT2D eigenvalue weighted by molar-refractivity contribution is -0.0786. The van der Waals surface area contributed by atoms with Gasteiger partial charge in [-0.1, -0.05) is 13.8 Å². The van der Waals surface area contributed by atoms with Gasteiger partial charge in [0.05, 0.1) is 6.54 Å². The van der Waals surface area contributed by atoms with E-state index < -0.39 is 0 Å². The van der Waals surface area contributed by atoms with Gasteiger partial charge < -0.3 is 10.1 Å². The van der Waals surface area contributed by atoms with E-state index in [1.54, 1.807) is 0 Å². The number of alkyl carbamates (subject to hydrolysis) is 1. The second-order valence-corrected chi connectivity index (χ2v) is 5.56. The maximum atomic E-state index is 11.2. The molecule has 1 saturated heterocycles. The van der Waals surface area contributed by atoms with E-state index >= 15 is 0 Å². The molecule has 3 nitrogen and oxygen atoms in total. The first-order valence-electron chi connectivity index (χ1n) is 5.53. The molecule has 2 saturated carbocycles. The number of nitrogens with one attached hydrogen (secondary N) is 1. The SMILES string of the molecule is CC1(C)[C@H]2CC[C@@H](C2)[C@@]12CNC(=O)O2. The van der Waals surface area contributed by atoms with Crippen LogP contribution in [0.15, 0.2) is 0 Å². The second-order valence-electron chi connectivity index (χ2n) is 5.56. The Balaban J connectivity index is 2.02. The average molecular weight is 195 g/mol.